The van der Waals surface area contributed by atoms with Crippen LogP contribution >= 0.6 is 0 Å². The minimum atomic E-state index is -0.232. The number of nitrogens with zero attached hydrogens (tertiary/aromatic N) is 1. The summed E-state index contributed by atoms with van der Waals surface area (Å²) in [6.07, 6.45) is 4.98. The molecule has 0 radical (unpaired) electrons. The number of pyridine rings is 1. The SMILES string of the molecule is CCCCc1ccc(NC(=O)COc2cccnc2N)cc1. The van der Waals surface area contributed by atoms with Crippen molar-refractivity contribution in [3.05, 3.63) is 48.2 Å². The van der Waals surface area contributed by atoms with Gasteiger partial charge in [-0.15, -0.1) is 0 Å². The Bertz CT molecular complexity index is 612. The molecule has 22 heavy (non-hydrogen) atoms. The number of carbonyl (C=O) groups excluding carboxylic acids is 1. The summed E-state index contributed by atoms with van der Waals surface area (Å²) in [5, 5.41) is 2.79. The van der Waals surface area contributed by atoms with Crippen molar-refractivity contribution in [2.75, 3.05) is 17.7 Å². The monoisotopic (exact) mass is 299 g/mol. The highest BCUT2D eigenvalue weighted by atomic mass is 16.5. The van der Waals surface area contributed by atoms with Gasteiger partial charge in [-0.05, 0) is 42.7 Å². The van der Waals surface area contributed by atoms with E-state index in [1.54, 1.807) is 18.3 Å². The molecule has 0 fully saturated rings. The summed E-state index contributed by atoms with van der Waals surface area (Å²) < 4.78 is 5.35. The zero-order valence-corrected chi connectivity index (χ0v) is 12.7. The van der Waals surface area contributed by atoms with Gasteiger partial charge >= 0.3 is 0 Å². The molecule has 5 nitrogen and oxygen atoms in total. The van der Waals surface area contributed by atoms with Gasteiger partial charge in [0.1, 0.15) is 0 Å². The zero-order valence-electron chi connectivity index (χ0n) is 12.7. The topological polar surface area (TPSA) is 77.2 Å². The molecule has 0 aliphatic heterocycles. The van der Waals surface area contributed by atoms with Crippen molar-refractivity contribution in [1.29, 1.82) is 0 Å². The fourth-order valence-corrected chi connectivity index (χ4v) is 2.00. The van der Waals surface area contributed by atoms with Crippen molar-refractivity contribution in [3.63, 3.8) is 0 Å². The Morgan fingerprint density at radius 3 is 2.73 bits per heavy atom. The van der Waals surface area contributed by atoms with Crippen molar-refractivity contribution in [1.82, 2.24) is 4.98 Å². The van der Waals surface area contributed by atoms with E-state index in [2.05, 4.69) is 17.2 Å². The molecule has 2 aromatic rings. The van der Waals surface area contributed by atoms with Gasteiger partial charge in [-0.25, -0.2) is 4.98 Å². The summed E-state index contributed by atoms with van der Waals surface area (Å²) in [4.78, 5) is 15.8. The molecule has 0 unspecified atom stereocenters. The standard InChI is InChI=1S/C17H21N3O2/c1-2-3-5-13-7-9-14(10-8-13)20-16(21)12-22-15-6-4-11-19-17(15)18/h4,6-11H,2-3,5,12H2,1H3,(H2,18,19)(H,20,21). The predicted molar refractivity (Wildman–Crippen MR) is 87.8 cm³/mol. The molecule has 1 heterocycles. The maximum Gasteiger partial charge on any atom is 0.262 e. The normalized spacial score (nSPS) is 10.2. The Morgan fingerprint density at radius 1 is 1.27 bits per heavy atom. The number of benzene rings is 1. The Hall–Kier alpha value is -2.56. The van der Waals surface area contributed by atoms with Gasteiger partial charge in [0.2, 0.25) is 0 Å². The predicted octanol–water partition coefficient (Wildman–Crippen LogP) is 3.02. The van der Waals surface area contributed by atoms with Crippen LogP contribution in [0, 0.1) is 0 Å². The number of unbranched alkanes of at least 4 members (excludes halogenated alkanes) is 1. The first kappa shape index (κ1) is 15.8. The summed E-state index contributed by atoms with van der Waals surface area (Å²) in [5.41, 5.74) is 7.68. The summed E-state index contributed by atoms with van der Waals surface area (Å²) in [7, 11) is 0. The number of rotatable bonds is 7. The van der Waals surface area contributed by atoms with Gasteiger partial charge in [-0.3, -0.25) is 4.79 Å². The number of hydrogen-bond donors (Lipinski definition) is 2. The minimum absolute atomic E-state index is 0.104. The average Bonchev–Trinajstić information content (AvgIpc) is 2.53. The zero-order chi connectivity index (χ0) is 15.8. The average molecular weight is 299 g/mol. The second-order valence-electron chi connectivity index (χ2n) is 5.02. The van der Waals surface area contributed by atoms with Gasteiger partial charge < -0.3 is 15.8 Å². The smallest absolute Gasteiger partial charge is 0.262 e. The molecule has 0 bridgehead atoms. The molecule has 0 spiro atoms. The van der Waals surface area contributed by atoms with E-state index in [0.29, 0.717) is 5.75 Å². The third-order valence-corrected chi connectivity index (χ3v) is 3.22. The number of nitrogens with two attached hydrogens (primary N) is 1. The van der Waals surface area contributed by atoms with Crippen LogP contribution in [-0.2, 0) is 11.2 Å². The number of anilines is 2. The third kappa shape index (κ3) is 4.77. The molecule has 0 aliphatic carbocycles. The molecule has 3 N–H and O–H groups in total. The fraction of sp³-hybridized carbons (Fsp3) is 0.294. The fourth-order valence-electron chi connectivity index (χ4n) is 2.00. The Labute approximate surface area is 130 Å². The number of nitrogens with one attached hydrogen (secondary N) is 1. The molecule has 0 saturated heterocycles. The van der Waals surface area contributed by atoms with Crippen LogP contribution in [0.4, 0.5) is 11.5 Å². The van der Waals surface area contributed by atoms with Gasteiger partial charge in [-0.2, -0.15) is 0 Å². The second-order valence-corrected chi connectivity index (χ2v) is 5.02. The second kappa shape index (κ2) is 8.02. The first-order chi connectivity index (χ1) is 10.7. The molecule has 0 atom stereocenters. The van der Waals surface area contributed by atoms with Crippen molar-refractivity contribution in [2.45, 2.75) is 26.2 Å². The van der Waals surface area contributed by atoms with Crippen LogP contribution in [0.3, 0.4) is 0 Å². The largest absolute Gasteiger partial charge is 0.480 e. The Balaban J connectivity index is 1.83. The van der Waals surface area contributed by atoms with Crippen LogP contribution in [0.5, 0.6) is 5.75 Å². The molecule has 116 valence electrons. The van der Waals surface area contributed by atoms with E-state index >= 15 is 0 Å². The molecule has 0 aliphatic rings. The highest BCUT2D eigenvalue weighted by Crippen LogP contribution is 2.17. The van der Waals surface area contributed by atoms with E-state index in [0.717, 1.165) is 12.1 Å². The van der Waals surface area contributed by atoms with E-state index in [4.69, 9.17) is 10.5 Å². The molecule has 1 amide bonds. The summed E-state index contributed by atoms with van der Waals surface area (Å²) in [6, 6.07) is 11.3. The number of aromatic nitrogens is 1. The van der Waals surface area contributed by atoms with E-state index in [1.165, 1.54) is 18.4 Å². The van der Waals surface area contributed by atoms with Crippen molar-refractivity contribution in [2.24, 2.45) is 0 Å². The lowest BCUT2D eigenvalue weighted by atomic mass is 10.1. The van der Waals surface area contributed by atoms with Gasteiger partial charge in [0.15, 0.2) is 18.2 Å². The lowest BCUT2D eigenvalue weighted by Crippen LogP contribution is -2.20. The van der Waals surface area contributed by atoms with E-state index in [-0.39, 0.29) is 18.3 Å². The Morgan fingerprint density at radius 2 is 2.05 bits per heavy atom. The van der Waals surface area contributed by atoms with Crippen molar-refractivity contribution >= 4 is 17.4 Å². The molecular weight excluding hydrogens is 278 g/mol. The van der Waals surface area contributed by atoms with Crippen LogP contribution in [0.15, 0.2) is 42.6 Å². The summed E-state index contributed by atoms with van der Waals surface area (Å²) in [6.45, 7) is 2.07. The van der Waals surface area contributed by atoms with Crippen molar-refractivity contribution < 1.29 is 9.53 Å². The molecule has 1 aromatic carbocycles. The number of amides is 1. The maximum absolute atomic E-state index is 11.9. The van der Waals surface area contributed by atoms with Gasteiger partial charge in [0.05, 0.1) is 0 Å². The summed E-state index contributed by atoms with van der Waals surface area (Å²) >= 11 is 0. The van der Waals surface area contributed by atoms with Crippen LogP contribution in [0.1, 0.15) is 25.3 Å². The highest BCUT2D eigenvalue weighted by Gasteiger charge is 2.06. The van der Waals surface area contributed by atoms with Gasteiger partial charge in [-0.1, -0.05) is 25.5 Å². The van der Waals surface area contributed by atoms with E-state index < -0.39 is 0 Å². The lowest BCUT2D eigenvalue weighted by molar-refractivity contribution is -0.118. The number of carbonyl (C=O) groups is 1. The Kier molecular flexibility index (Phi) is 5.77. The molecule has 5 heteroatoms. The van der Waals surface area contributed by atoms with E-state index in [9.17, 15) is 4.79 Å². The van der Waals surface area contributed by atoms with E-state index in [1.807, 2.05) is 24.3 Å². The van der Waals surface area contributed by atoms with Crippen LogP contribution in [0.2, 0.25) is 0 Å². The molecule has 0 saturated carbocycles. The number of aryl methyl sites for hydroxylation is 1. The number of nitrogen functional groups attached to an aromatic ring is 1. The first-order valence-electron chi connectivity index (χ1n) is 7.41. The molecular formula is C17H21N3O2. The van der Waals surface area contributed by atoms with Gasteiger partial charge in [0.25, 0.3) is 5.91 Å². The quantitative estimate of drug-likeness (QED) is 0.824. The molecule has 1 aromatic heterocycles. The number of ether oxygens (including phenoxy) is 1. The highest BCUT2D eigenvalue weighted by molar-refractivity contribution is 5.91. The summed E-state index contributed by atoms with van der Waals surface area (Å²) in [5.74, 6) is 0.452. The first-order valence-corrected chi connectivity index (χ1v) is 7.41. The van der Waals surface area contributed by atoms with Crippen LogP contribution in [-0.4, -0.2) is 17.5 Å². The maximum atomic E-state index is 11.9. The molecule has 2 rings (SSSR count). The number of hydrogen-bond acceptors (Lipinski definition) is 4. The minimum Gasteiger partial charge on any atom is -0.480 e. The van der Waals surface area contributed by atoms with Crippen LogP contribution in [0.25, 0.3) is 0 Å². The van der Waals surface area contributed by atoms with Crippen molar-refractivity contribution in [3.8, 4) is 5.75 Å². The lowest BCUT2D eigenvalue weighted by Gasteiger charge is -2.09. The van der Waals surface area contributed by atoms with Crippen LogP contribution < -0.4 is 15.8 Å². The third-order valence-electron chi connectivity index (χ3n) is 3.22. The van der Waals surface area contributed by atoms with Gasteiger partial charge in [0, 0.05) is 11.9 Å².